The number of nitrogens with zero attached hydrogens (tertiary/aromatic N) is 1. The van der Waals surface area contributed by atoms with E-state index < -0.39 is 23.2 Å². The maximum atomic E-state index is 13.6. The van der Waals surface area contributed by atoms with Crippen LogP contribution in [-0.4, -0.2) is 43.3 Å². The van der Waals surface area contributed by atoms with Gasteiger partial charge in [-0.25, -0.2) is 0 Å². The molecule has 4 rings (SSSR count). The Bertz CT molecular complexity index is 958. The van der Waals surface area contributed by atoms with Gasteiger partial charge in [-0.2, -0.15) is 13.2 Å². The van der Waals surface area contributed by atoms with Crippen LogP contribution in [0.5, 0.6) is 5.75 Å². The Morgan fingerprint density at radius 2 is 1.97 bits per heavy atom. The molecule has 32 heavy (non-hydrogen) atoms. The van der Waals surface area contributed by atoms with Crippen LogP contribution < -0.4 is 10.1 Å². The molecule has 4 nitrogen and oxygen atoms in total. The van der Waals surface area contributed by atoms with E-state index in [1.54, 1.807) is 6.26 Å². The van der Waals surface area contributed by atoms with Crippen molar-refractivity contribution in [1.29, 1.82) is 0 Å². The van der Waals surface area contributed by atoms with Gasteiger partial charge in [-0.3, -0.25) is 9.69 Å². The largest absolute Gasteiger partial charge is 0.496 e. The summed E-state index contributed by atoms with van der Waals surface area (Å²) in [5.41, 5.74) is -0.282. The second-order valence-corrected chi connectivity index (χ2v) is 9.31. The molecular weight excluding hydrogens is 437 g/mol. The number of thioether (sulfide) groups is 1. The van der Waals surface area contributed by atoms with Crippen LogP contribution in [0.2, 0.25) is 0 Å². The van der Waals surface area contributed by atoms with E-state index in [0.717, 1.165) is 55.3 Å². The van der Waals surface area contributed by atoms with Crippen molar-refractivity contribution in [3.8, 4) is 5.75 Å². The Kier molecular flexibility index (Phi) is 6.45. The molecule has 0 radical (unpaired) electrons. The van der Waals surface area contributed by atoms with Gasteiger partial charge in [-0.05, 0) is 56.2 Å². The quantitative estimate of drug-likeness (QED) is 0.609. The molecule has 2 aromatic carbocycles. The molecule has 2 fully saturated rings. The van der Waals surface area contributed by atoms with Gasteiger partial charge in [0.1, 0.15) is 5.75 Å². The smallest absolute Gasteiger partial charge is 0.416 e. The predicted molar refractivity (Wildman–Crippen MR) is 119 cm³/mol. The van der Waals surface area contributed by atoms with E-state index in [2.05, 4.69) is 10.2 Å². The summed E-state index contributed by atoms with van der Waals surface area (Å²) in [6, 6.07) is 12.3. The highest BCUT2D eigenvalue weighted by Gasteiger charge is 2.44. The molecule has 2 aromatic rings. The molecule has 0 aromatic heterocycles. The minimum Gasteiger partial charge on any atom is -0.496 e. The van der Waals surface area contributed by atoms with Gasteiger partial charge >= 0.3 is 6.18 Å². The SMILES string of the molecule is COc1cc(C(F)(F)F)cc(SC)c1C(=O)NC1(c2ccccc2)CCC2CCCN2C1. The Hall–Kier alpha value is -2.19. The molecule has 8 heteroatoms. The third kappa shape index (κ3) is 4.35. The van der Waals surface area contributed by atoms with Crippen LogP contribution in [0, 0.1) is 0 Å². The Balaban J connectivity index is 1.73. The lowest BCUT2D eigenvalue weighted by Gasteiger charge is -2.45. The number of halogens is 3. The van der Waals surface area contributed by atoms with Gasteiger partial charge in [0, 0.05) is 17.5 Å². The van der Waals surface area contributed by atoms with E-state index in [-0.39, 0.29) is 16.2 Å². The number of carbonyl (C=O) groups excluding carboxylic acids is 1. The van der Waals surface area contributed by atoms with Crippen molar-refractivity contribution in [2.75, 3.05) is 26.5 Å². The fraction of sp³-hybridized carbons (Fsp3) is 0.458. The monoisotopic (exact) mass is 464 g/mol. The molecule has 0 bridgehead atoms. The summed E-state index contributed by atoms with van der Waals surface area (Å²) >= 11 is 1.10. The molecule has 2 saturated heterocycles. The number of hydrogen-bond donors (Lipinski definition) is 1. The van der Waals surface area contributed by atoms with Gasteiger partial charge in [-0.15, -0.1) is 11.8 Å². The molecule has 2 atom stereocenters. The van der Waals surface area contributed by atoms with Crippen molar-refractivity contribution in [3.05, 3.63) is 59.2 Å². The summed E-state index contributed by atoms with van der Waals surface area (Å²) < 4.78 is 45.3. The van der Waals surface area contributed by atoms with Crippen molar-refractivity contribution in [3.63, 3.8) is 0 Å². The van der Waals surface area contributed by atoms with Gasteiger partial charge in [0.25, 0.3) is 5.91 Å². The number of hydrogen-bond acceptors (Lipinski definition) is 4. The number of ether oxygens (including phenoxy) is 1. The van der Waals surface area contributed by atoms with Crippen LogP contribution in [0.15, 0.2) is 47.4 Å². The molecule has 0 spiro atoms. The number of rotatable bonds is 5. The average molecular weight is 465 g/mol. The molecule has 1 N–H and O–H groups in total. The molecular formula is C24H27F3N2O2S. The molecule has 1 amide bonds. The second kappa shape index (κ2) is 8.98. The van der Waals surface area contributed by atoms with Crippen molar-refractivity contribution in [2.45, 2.75) is 48.3 Å². The third-order valence-electron chi connectivity index (χ3n) is 6.62. The summed E-state index contributed by atoms with van der Waals surface area (Å²) in [7, 11) is 1.29. The lowest BCUT2D eigenvalue weighted by atomic mass is 9.80. The third-order valence-corrected chi connectivity index (χ3v) is 7.38. The van der Waals surface area contributed by atoms with Gasteiger partial charge < -0.3 is 10.1 Å². The molecule has 2 unspecified atom stereocenters. The lowest BCUT2D eigenvalue weighted by Crippen LogP contribution is -2.57. The van der Waals surface area contributed by atoms with E-state index >= 15 is 0 Å². The highest BCUT2D eigenvalue weighted by molar-refractivity contribution is 7.98. The maximum absolute atomic E-state index is 13.6. The highest BCUT2D eigenvalue weighted by atomic mass is 32.2. The predicted octanol–water partition coefficient (Wildman–Crippen LogP) is 5.32. The van der Waals surface area contributed by atoms with Crippen molar-refractivity contribution in [2.24, 2.45) is 0 Å². The second-order valence-electron chi connectivity index (χ2n) is 8.46. The van der Waals surface area contributed by atoms with Gasteiger partial charge in [0.2, 0.25) is 0 Å². The van der Waals surface area contributed by atoms with Gasteiger partial charge in [-0.1, -0.05) is 30.3 Å². The van der Waals surface area contributed by atoms with E-state index in [0.29, 0.717) is 12.6 Å². The summed E-state index contributed by atoms with van der Waals surface area (Å²) in [6.07, 6.45) is 1.20. The van der Waals surface area contributed by atoms with Crippen molar-refractivity contribution < 1.29 is 22.7 Å². The fourth-order valence-electron chi connectivity index (χ4n) is 5.02. The minimum absolute atomic E-state index is 0.0697. The first-order valence-corrected chi connectivity index (χ1v) is 12.0. The Morgan fingerprint density at radius 3 is 2.62 bits per heavy atom. The molecule has 2 heterocycles. The Labute approximate surface area is 190 Å². The summed E-state index contributed by atoms with van der Waals surface area (Å²) in [5.74, 6) is -0.485. The van der Waals surface area contributed by atoms with E-state index in [9.17, 15) is 18.0 Å². The van der Waals surface area contributed by atoms with Crippen molar-refractivity contribution >= 4 is 17.7 Å². The number of nitrogens with one attached hydrogen (secondary N) is 1. The van der Waals surface area contributed by atoms with E-state index in [4.69, 9.17) is 4.74 Å². The number of alkyl halides is 3. The van der Waals surface area contributed by atoms with Crippen LogP contribution in [0.1, 0.15) is 47.2 Å². The van der Waals surface area contributed by atoms with Crippen LogP contribution >= 0.6 is 11.8 Å². The first kappa shape index (κ1) is 23.0. The fourth-order valence-corrected chi connectivity index (χ4v) is 5.66. The van der Waals surface area contributed by atoms with Gasteiger partial charge in [0.05, 0.1) is 23.8 Å². The summed E-state index contributed by atoms with van der Waals surface area (Å²) in [6.45, 7) is 1.68. The normalized spacial score (nSPS) is 23.6. The first-order chi connectivity index (χ1) is 15.3. The molecule has 172 valence electrons. The molecule has 0 aliphatic carbocycles. The summed E-state index contributed by atoms with van der Waals surface area (Å²) in [4.78, 5) is 16.3. The van der Waals surface area contributed by atoms with E-state index in [1.165, 1.54) is 13.5 Å². The number of benzene rings is 2. The zero-order valence-electron chi connectivity index (χ0n) is 18.2. The number of piperidine rings is 1. The lowest BCUT2D eigenvalue weighted by molar-refractivity contribution is -0.137. The number of fused-ring (bicyclic) bond motifs is 1. The van der Waals surface area contributed by atoms with Crippen LogP contribution in [0.25, 0.3) is 0 Å². The van der Waals surface area contributed by atoms with Crippen LogP contribution in [0.3, 0.4) is 0 Å². The molecule has 0 saturated carbocycles. The first-order valence-electron chi connectivity index (χ1n) is 10.7. The summed E-state index contributed by atoms with van der Waals surface area (Å²) in [5, 5.41) is 3.23. The Morgan fingerprint density at radius 1 is 1.22 bits per heavy atom. The highest BCUT2D eigenvalue weighted by Crippen LogP contribution is 2.41. The zero-order valence-corrected chi connectivity index (χ0v) is 19.0. The standard InChI is InChI=1S/C24H27F3N2O2S/c1-31-19-13-17(24(25,26)27)14-20(32-2)21(19)22(30)28-23(16-7-4-3-5-8-16)11-10-18-9-6-12-29(18)15-23/h3-5,7-8,13-14,18H,6,9-12,15H2,1-2H3,(H,28,30). The van der Waals surface area contributed by atoms with Crippen molar-refractivity contribution in [1.82, 2.24) is 10.2 Å². The minimum atomic E-state index is -4.52. The number of carbonyl (C=O) groups is 1. The van der Waals surface area contributed by atoms with E-state index in [1.807, 2.05) is 30.3 Å². The van der Waals surface area contributed by atoms with Crippen LogP contribution in [-0.2, 0) is 11.7 Å². The zero-order chi connectivity index (χ0) is 22.9. The number of amides is 1. The molecule has 2 aliphatic rings. The van der Waals surface area contributed by atoms with Gasteiger partial charge in [0.15, 0.2) is 0 Å². The molecule has 2 aliphatic heterocycles. The van der Waals surface area contributed by atoms with Crippen LogP contribution in [0.4, 0.5) is 13.2 Å². The topological polar surface area (TPSA) is 41.6 Å². The maximum Gasteiger partial charge on any atom is 0.416 e. The number of methoxy groups -OCH3 is 1. The average Bonchev–Trinajstić information content (AvgIpc) is 3.25.